The second-order valence-electron chi connectivity index (χ2n) is 11.8. The number of Topliss-reactive ketones (excluding diaryl/α,β-unsaturated/α-hetero) is 1. The molecule has 220 valence electrons. The van der Waals surface area contributed by atoms with Gasteiger partial charge >= 0.3 is 0 Å². The fourth-order valence-electron chi connectivity index (χ4n) is 5.99. The molecule has 1 atom stereocenters. The Bertz CT molecular complexity index is 1770. The average molecular weight is 662 g/mol. The van der Waals surface area contributed by atoms with Crippen LogP contribution >= 0.6 is 27.5 Å². The van der Waals surface area contributed by atoms with Gasteiger partial charge in [0.2, 0.25) is 0 Å². The van der Waals surface area contributed by atoms with E-state index in [9.17, 15) is 20.2 Å². The molecule has 1 unspecified atom stereocenters. The third kappa shape index (κ3) is 5.77. The zero-order chi connectivity index (χ0) is 31.2. The van der Waals surface area contributed by atoms with E-state index in [2.05, 4.69) is 22.0 Å². The molecule has 3 aromatic carbocycles. The Morgan fingerprint density at radius 1 is 1.16 bits per heavy atom. The molecule has 5 rings (SSSR count). The highest BCUT2D eigenvalue weighted by Crippen LogP contribution is 2.52. The highest BCUT2D eigenvalue weighted by atomic mass is 79.9. The van der Waals surface area contributed by atoms with Crippen molar-refractivity contribution < 1.29 is 14.5 Å². The van der Waals surface area contributed by atoms with Crippen LogP contribution in [-0.4, -0.2) is 10.7 Å². The number of hydrogen-bond donors (Lipinski definition) is 1. The first kappa shape index (κ1) is 30.3. The number of carbonyl (C=O) groups is 1. The molecule has 0 saturated carbocycles. The number of ketones is 1. The van der Waals surface area contributed by atoms with Crippen molar-refractivity contribution in [3.63, 3.8) is 0 Å². The number of nitro benzene ring substituents is 1. The molecule has 0 aromatic heterocycles. The third-order valence-electron chi connectivity index (χ3n) is 7.98. The number of halogens is 2. The zero-order valence-electron chi connectivity index (χ0n) is 24.2. The number of non-ortho nitro benzene ring substituents is 1. The van der Waals surface area contributed by atoms with Crippen molar-refractivity contribution in [3.05, 3.63) is 119 Å². The molecule has 0 fully saturated rings. The lowest BCUT2D eigenvalue weighted by Crippen LogP contribution is -2.42. The normalized spacial score (nSPS) is 17.9. The summed E-state index contributed by atoms with van der Waals surface area (Å²) in [6.07, 6.45) is 0.731. The molecular formula is C33H30BrClN4O4. The molecule has 0 radical (unpaired) electrons. The molecule has 3 aromatic rings. The van der Waals surface area contributed by atoms with Crippen molar-refractivity contribution >= 4 is 44.7 Å². The zero-order valence-corrected chi connectivity index (χ0v) is 26.5. The monoisotopic (exact) mass is 660 g/mol. The second kappa shape index (κ2) is 11.5. The van der Waals surface area contributed by atoms with Crippen LogP contribution in [0.1, 0.15) is 54.9 Å². The van der Waals surface area contributed by atoms with Gasteiger partial charge in [-0.2, -0.15) is 5.26 Å². The number of nitrogens with zero attached hydrogens (tertiary/aromatic N) is 3. The van der Waals surface area contributed by atoms with Crippen molar-refractivity contribution in [3.8, 4) is 11.8 Å². The van der Waals surface area contributed by atoms with Gasteiger partial charge in [-0.3, -0.25) is 19.8 Å². The molecule has 0 saturated heterocycles. The molecule has 43 heavy (non-hydrogen) atoms. The number of allylic oxidation sites excluding steroid dienone is 3. The van der Waals surface area contributed by atoms with Crippen LogP contribution in [0.5, 0.6) is 5.75 Å². The topological polar surface area (TPSA) is 122 Å². The number of anilines is 1. The van der Waals surface area contributed by atoms with Crippen molar-refractivity contribution in [2.45, 2.75) is 53.1 Å². The van der Waals surface area contributed by atoms with Crippen molar-refractivity contribution in [1.82, 2.24) is 0 Å². The summed E-state index contributed by atoms with van der Waals surface area (Å²) in [4.78, 5) is 26.7. The van der Waals surface area contributed by atoms with E-state index in [1.165, 1.54) is 18.2 Å². The molecule has 1 aliphatic heterocycles. The standard InChI is InChI=1S/C33H30BrClN4O4/c1-18-11-20(17-43-23-8-5-21(34)6-9-23)19(2)24(12-18)30-25(16-36)32(37)38(27-13-22(39(41)42)7-10-26(27)35)28-14-33(3,4)15-29(40)31(28)30/h5-13,30H,14-15,17,37H2,1-4H3. The van der Waals surface area contributed by atoms with Gasteiger partial charge in [0.25, 0.3) is 5.69 Å². The molecule has 0 bridgehead atoms. The van der Waals surface area contributed by atoms with E-state index in [1.54, 1.807) is 4.90 Å². The lowest BCUT2D eigenvalue weighted by Gasteiger charge is -2.44. The van der Waals surface area contributed by atoms with Crippen LogP contribution in [0.4, 0.5) is 11.4 Å². The number of carbonyl (C=O) groups excluding carboxylic acids is 1. The molecule has 10 heteroatoms. The first-order valence-corrected chi connectivity index (χ1v) is 14.9. The largest absolute Gasteiger partial charge is 0.489 e. The lowest BCUT2D eigenvalue weighted by molar-refractivity contribution is -0.384. The quantitative estimate of drug-likeness (QED) is 0.209. The van der Waals surface area contributed by atoms with Crippen molar-refractivity contribution in [2.24, 2.45) is 11.1 Å². The van der Waals surface area contributed by atoms with Crippen LogP contribution in [0, 0.1) is 40.7 Å². The molecule has 0 amide bonds. The van der Waals surface area contributed by atoms with E-state index in [0.29, 0.717) is 23.4 Å². The Balaban J connectivity index is 1.70. The predicted molar refractivity (Wildman–Crippen MR) is 170 cm³/mol. The van der Waals surface area contributed by atoms with E-state index in [4.69, 9.17) is 22.1 Å². The van der Waals surface area contributed by atoms with E-state index in [1.807, 2.05) is 64.1 Å². The van der Waals surface area contributed by atoms with Gasteiger partial charge in [-0.25, -0.2) is 0 Å². The number of nitro groups is 1. The number of nitriles is 1. The van der Waals surface area contributed by atoms with Gasteiger partial charge in [-0.15, -0.1) is 0 Å². The molecule has 8 nitrogen and oxygen atoms in total. The SMILES string of the molecule is Cc1cc(COc2ccc(Br)cc2)c(C)c(C2C(C#N)=C(N)N(c3cc([N+](=O)[O-])ccc3Cl)C3=C2C(=O)CC(C)(C)C3)c1. The molecule has 1 heterocycles. The summed E-state index contributed by atoms with van der Waals surface area (Å²) in [5.74, 6) is -0.0164. The Hall–Kier alpha value is -4.13. The summed E-state index contributed by atoms with van der Waals surface area (Å²) in [6, 6.07) is 17.9. The fourth-order valence-corrected chi connectivity index (χ4v) is 6.45. The summed E-state index contributed by atoms with van der Waals surface area (Å²) in [6.45, 7) is 8.20. The van der Waals surface area contributed by atoms with Gasteiger partial charge < -0.3 is 10.5 Å². The average Bonchev–Trinajstić information content (AvgIpc) is 2.93. The summed E-state index contributed by atoms with van der Waals surface area (Å²) in [5.41, 5.74) is 11.2. The van der Waals surface area contributed by atoms with Crippen LogP contribution in [0.2, 0.25) is 5.02 Å². The van der Waals surface area contributed by atoms with Crippen molar-refractivity contribution in [1.29, 1.82) is 5.26 Å². The van der Waals surface area contributed by atoms with Gasteiger partial charge in [0.1, 0.15) is 18.2 Å². The number of nitrogens with two attached hydrogens (primary N) is 1. The lowest BCUT2D eigenvalue weighted by atomic mass is 9.68. The predicted octanol–water partition coefficient (Wildman–Crippen LogP) is 8.15. The Kier molecular flexibility index (Phi) is 8.12. The summed E-state index contributed by atoms with van der Waals surface area (Å²) < 4.78 is 7.04. The number of aryl methyl sites for hydroxylation is 1. The van der Waals surface area contributed by atoms with Crippen LogP contribution in [0.15, 0.2) is 81.7 Å². The molecular weight excluding hydrogens is 632 g/mol. The first-order valence-electron chi connectivity index (χ1n) is 13.7. The number of hydrogen-bond acceptors (Lipinski definition) is 7. The van der Waals surface area contributed by atoms with E-state index in [0.717, 1.165) is 26.7 Å². The summed E-state index contributed by atoms with van der Waals surface area (Å²) >= 11 is 10.0. The smallest absolute Gasteiger partial charge is 0.271 e. The maximum absolute atomic E-state index is 14.0. The number of benzene rings is 3. The van der Waals surface area contributed by atoms with Crippen LogP contribution < -0.4 is 15.4 Å². The summed E-state index contributed by atoms with van der Waals surface area (Å²) in [5, 5.41) is 22.4. The van der Waals surface area contributed by atoms with Crippen LogP contribution in [0.25, 0.3) is 0 Å². The molecule has 1 aliphatic carbocycles. The van der Waals surface area contributed by atoms with E-state index >= 15 is 0 Å². The van der Waals surface area contributed by atoms with Crippen LogP contribution in [0.3, 0.4) is 0 Å². The van der Waals surface area contributed by atoms with Gasteiger partial charge in [0.05, 0.1) is 33.2 Å². The highest BCUT2D eigenvalue weighted by molar-refractivity contribution is 9.10. The minimum absolute atomic E-state index is 0.0905. The third-order valence-corrected chi connectivity index (χ3v) is 8.83. The minimum Gasteiger partial charge on any atom is -0.489 e. The maximum atomic E-state index is 14.0. The Morgan fingerprint density at radius 3 is 2.51 bits per heavy atom. The van der Waals surface area contributed by atoms with Gasteiger partial charge in [0, 0.05) is 34.3 Å². The highest BCUT2D eigenvalue weighted by Gasteiger charge is 2.45. The number of ether oxygens (including phenoxy) is 1. The van der Waals surface area contributed by atoms with Gasteiger partial charge in [-0.1, -0.05) is 59.1 Å². The molecule has 2 N–H and O–H groups in total. The first-order chi connectivity index (χ1) is 20.3. The summed E-state index contributed by atoms with van der Waals surface area (Å²) in [7, 11) is 0. The molecule has 2 aliphatic rings. The number of rotatable bonds is 6. The molecule has 0 spiro atoms. The van der Waals surface area contributed by atoms with E-state index < -0.39 is 16.3 Å². The van der Waals surface area contributed by atoms with Crippen molar-refractivity contribution in [2.75, 3.05) is 4.90 Å². The Labute approximate surface area is 263 Å². The minimum atomic E-state index is -0.719. The van der Waals surface area contributed by atoms with Gasteiger partial charge in [0.15, 0.2) is 5.78 Å². The fraction of sp³-hybridized carbons (Fsp3) is 0.273. The Morgan fingerprint density at radius 2 is 1.86 bits per heavy atom. The van der Waals surface area contributed by atoms with E-state index in [-0.39, 0.29) is 46.6 Å². The van der Waals surface area contributed by atoms with Crippen LogP contribution in [-0.2, 0) is 11.4 Å². The maximum Gasteiger partial charge on any atom is 0.271 e. The van der Waals surface area contributed by atoms with Gasteiger partial charge in [-0.05, 0) is 72.7 Å². The second-order valence-corrected chi connectivity index (χ2v) is 13.1.